The van der Waals surface area contributed by atoms with Gasteiger partial charge in [0.25, 0.3) is 0 Å². The predicted molar refractivity (Wildman–Crippen MR) is 78.8 cm³/mol. The highest BCUT2D eigenvalue weighted by molar-refractivity contribution is 9.10. The van der Waals surface area contributed by atoms with Gasteiger partial charge in [0.1, 0.15) is 17.7 Å². The summed E-state index contributed by atoms with van der Waals surface area (Å²) in [6, 6.07) is 7.72. The largest absolute Gasteiger partial charge is 0.493 e. The van der Waals surface area contributed by atoms with Gasteiger partial charge in [-0.3, -0.25) is 0 Å². The Morgan fingerprint density at radius 1 is 1.25 bits per heavy atom. The molecule has 1 atom stereocenters. The molecule has 3 rings (SSSR count). The quantitative estimate of drug-likeness (QED) is 0.870. The van der Waals surface area contributed by atoms with Crippen LogP contribution in [-0.4, -0.2) is 11.7 Å². The summed E-state index contributed by atoms with van der Waals surface area (Å²) in [5.74, 6) is 0.318. The first-order chi connectivity index (χ1) is 9.56. The first-order valence-electron chi connectivity index (χ1n) is 6.14. The molecule has 2 aromatic carbocycles. The molecule has 5 heteroatoms. The van der Waals surface area contributed by atoms with Crippen LogP contribution in [0.15, 0.2) is 34.8 Å². The van der Waals surface area contributed by atoms with Crippen molar-refractivity contribution in [3.05, 3.63) is 62.3 Å². The van der Waals surface area contributed by atoms with Crippen molar-refractivity contribution in [1.82, 2.24) is 0 Å². The van der Waals surface area contributed by atoms with Gasteiger partial charge < -0.3 is 9.84 Å². The fourth-order valence-corrected chi connectivity index (χ4v) is 3.21. The van der Waals surface area contributed by atoms with Crippen molar-refractivity contribution < 1.29 is 14.2 Å². The highest BCUT2D eigenvalue weighted by Gasteiger charge is 2.24. The van der Waals surface area contributed by atoms with Crippen molar-refractivity contribution >= 4 is 27.5 Å². The monoisotopic (exact) mass is 356 g/mol. The average Bonchev–Trinajstić information content (AvgIpc) is 2.85. The van der Waals surface area contributed by atoms with E-state index in [-0.39, 0.29) is 5.82 Å². The van der Waals surface area contributed by atoms with Crippen molar-refractivity contribution in [2.24, 2.45) is 0 Å². The van der Waals surface area contributed by atoms with Crippen molar-refractivity contribution in [3.63, 3.8) is 0 Å². The standard InChI is InChI=1S/C15H11BrClFO2/c16-13-7-10(18)1-2-11(13)14(19)12-6-9(17)5-8-3-4-20-15(8)12/h1-2,5-7,14,19H,3-4H2. The Morgan fingerprint density at radius 3 is 2.80 bits per heavy atom. The highest BCUT2D eigenvalue weighted by Crippen LogP contribution is 2.40. The Morgan fingerprint density at radius 2 is 2.05 bits per heavy atom. The molecule has 1 unspecified atom stereocenters. The van der Waals surface area contributed by atoms with Gasteiger partial charge in [0.2, 0.25) is 0 Å². The number of rotatable bonds is 2. The lowest BCUT2D eigenvalue weighted by Gasteiger charge is -2.17. The topological polar surface area (TPSA) is 29.5 Å². The lowest BCUT2D eigenvalue weighted by atomic mass is 9.98. The van der Waals surface area contributed by atoms with Gasteiger partial charge in [0, 0.05) is 21.5 Å². The number of aliphatic hydroxyl groups is 1. The zero-order chi connectivity index (χ0) is 14.3. The second-order valence-electron chi connectivity index (χ2n) is 4.65. The molecule has 0 radical (unpaired) electrons. The van der Waals surface area contributed by atoms with Gasteiger partial charge in [-0.2, -0.15) is 0 Å². The van der Waals surface area contributed by atoms with Crippen LogP contribution in [0.25, 0.3) is 0 Å². The van der Waals surface area contributed by atoms with E-state index >= 15 is 0 Å². The van der Waals surface area contributed by atoms with E-state index < -0.39 is 6.10 Å². The second-order valence-corrected chi connectivity index (χ2v) is 5.94. The third kappa shape index (κ3) is 2.43. The van der Waals surface area contributed by atoms with Gasteiger partial charge in [0.05, 0.1) is 6.61 Å². The first kappa shape index (κ1) is 13.9. The minimum Gasteiger partial charge on any atom is -0.493 e. The summed E-state index contributed by atoms with van der Waals surface area (Å²) in [5, 5.41) is 11.1. The molecular weight excluding hydrogens is 347 g/mol. The van der Waals surface area contributed by atoms with E-state index in [2.05, 4.69) is 15.9 Å². The maximum absolute atomic E-state index is 13.1. The van der Waals surface area contributed by atoms with Crippen LogP contribution in [0.1, 0.15) is 22.8 Å². The molecule has 2 aromatic rings. The van der Waals surface area contributed by atoms with Crippen LogP contribution in [0.5, 0.6) is 5.75 Å². The summed E-state index contributed by atoms with van der Waals surface area (Å²) in [4.78, 5) is 0. The van der Waals surface area contributed by atoms with Gasteiger partial charge in [-0.15, -0.1) is 0 Å². The molecule has 0 spiro atoms. The number of fused-ring (bicyclic) bond motifs is 1. The van der Waals surface area contributed by atoms with Crippen molar-refractivity contribution in [2.45, 2.75) is 12.5 Å². The maximum atomic E-state index is 13.1. The molecule has 2 nitrogen and oxygen atoms in total. The van der Waals surface area contributed by atoms with Gasteiger partial charge in [-0.25, -0.2) is 4.39 Å². The molecule has 1 N–H and O–H groups in total. The average molecular weight is 358 g/mol. The van der Waals surface area contributed by atoms with Crippen LogP contribution in [0.2, 0.25) is 5.02 Å². The van der Waals surface area contributed by atoms with Crippen LogP contribution in [0.3, 0.4) is 0 Å². The van der Waals surface area contributed by atoms with Crippen LogP contribution >= 0.6 is 27.5 Å². The SMILES string of the molecule is OC(c1ccc(F)cc1Br)c1cc(Cl)cc2c1OCC2. The Kier molecular flexibility index (Phi) is 3.71. The Hall–Kier alpha value is -1.10. The number of benzene rings is 2. The lowest BCUT2D eigenvalue weighted by molar-refractivity contribution is 0.213. The Bertz CT molecular complexity index is 675. The third-order valence-electron chi connectivity index (χ3n) is 3.33. The van der Waals surface area contributed by atoms with Crippen molar-refractivity contribution in [2.75, 3.05) is 6.61 Å². The lowest BCUT2D eigenvalue weighted by Crippen LogP contribution is -2.03. The van der Waals surface area contributed by atoms with Gasteiger partial charge in [-0.05, 0) is 35.4 Å². The van der Waals surface area contributed by atoms with Gasteiger partial charge >= 0.3 is 0 Å². The molecule has 0 fully saturated rings. The number of hydrogen-bond acceptors (Lipinski definition) is 2. The number of ether oxygens (including phenoxy) is 1. The fraction of sp³-hybridized carbons (Fsp3) is 0.200. The summed E-state index contributed by atoms with van der Waals surface area (Å²) in [6.45, 7) is 0.583. The maximum Gasteiger partial charge on any atom is 0.128 e. The molecule has 0 bridgehead atoms. The molecule has 1 aliphatic heterocycles. The van der Waals surface area contributed by atoms with E-state index in [1.54, 1.807) is 12.1 Å². The summed E-state index contributed by atoms with van der Waals surface area (Å²) >= 11 is 9.36. The zero-order valence-electron chi connectivity index (χ0n) is 10.4. The molecule has 0 amide bonds. The minimum absolute atomic E-state index is 0.361. The molecule has 0 aliphatic carbocycles. The molecule has 0 saturated carbocycles. The molecule has 0 aromatic heterocycles. The van der Waals surface area contributed by atoms with Crippen LogP contribution in [-0.2, 0) is 6.42 Å². The summed E-state index contributed by atoms with van der Waals surface area (Å²) in [5.41, 5.74) is 2.17. The zero-order valence-corrected chi connectivity index (χ0v) is 12.7. The number of halogens is 3. The minimum atomic E-state index is -0.921. The molecule has 0 saturated heterocycles. The smallest absolute Gasteiger partial charge is 0.128 e. The van der Waals surface area contributed by atoms with Crippen molar-refractivity contribution in [3.8, 4) is 5.75 Å². The van der Waals surface area contributed by atoms with Crippen LogP contribution < -0.4 is 4.74 Å². The molecule has 1 heterocycles. The van der Waals surface area contributed by atoms with Gasteiger partial charge in [-0.1, -0.05) is 33.6 Å². The first-order valence-corrected chi connectivity index (χ1v) is 7.31. The van der Waals surface area contributed by atoms with Crippen LogP contribution in [0, 0.1) is 5.82 Å². The van der Waals surface area contributed by atoms with Crippen LogP contribution in [0.4, 0.5) is 4.39 Å². The molecule has 20 heavy (non-hydrogen) atoms. The Labute approximate surface area is 129 Å². The van der Waals surface area contributed by atoms with E-state index in [0.29, 0.717) is 33.0 Å². The third-order valence-corrected chi connectivity index (χ3v) is 4.23. The number of aliphatic hydroxyl groups excluding tert-OH is 1. The summed E-state index contributed by atoms with van der Waals surface area (Å²) < 4.78 is 19.2. The summed E-state index contributed by atoms with van der Waals surface area (Å²) in [7, 11) is 0. The second kappa shape index (κ2) is 5.35. The Balaban J connectivity index is 2.09. The van der Waals surface area contributed by atoms with E-state index in [1.807, 2.05) is 6.07 Å². The normalized spacial score (nSPS) is 14.8. The predicted octanol–water partition coefficient (Wildman–Crippen LogP) is 4.26. The van der Waals surface area contributed by atoms with Crippen molar-refractivity contribution in [1.29, 1.82) is 0 Å². The van der Waals surface area contributed by atoms with E-state index in [1.165, 1.54) is 12.1 Å². The van der Waals surface area contributed by atoms with E-state index in [4.69, 9.17) is 16.3 Å². The summed E-state index contributed by atoms with van der Waals surface area (Å²) in [6.07, 6.45) is -0.143. The highest BCUT2D eigenvalue weighted by atomic mass is 79.9. The van der Waals surface area contributed by atoms with E-state index in [9.17, 15) is 9.50 Å². The van der Waals surface area contributed by atoms with Gasteiger partial charge in [0.15, 0.2) is 0 Å². The van der Waals surface area contributed by atoms with E-state index in [0.717, 1.165) is 12.0 Å². The number of hydrogen-bond donors (Lipinski definition) is 1. The molecule has 1 aliphatic rings. The fourth-order valence-electron chi connectivity index (χ4n) is 2.39. The molecule has 104 valence electrons. The molecular formula is C15H11BrClFO2.